The molecule has 1 saturated carbocycles. The van der Waals surface area contributed by atoms with Crippen LogP contribution in [0.1, 0.15) is 25.7 Å². The van der Waals surface area contributed by atoms with Crippen LogP contribution in [0.2, 0.25) is 0 Å². The number of nitrogens with one attached hydrogen (secondary N) is 1. The summed E-state index contributed by atoms with van der Waals surface area (Å²) in [6.07, 6.45) is 3.28. The minimum absolute atomic E-state index is 0. The molecule has 2 atom stereocenters. The topological polar surface area (TPSA) is 110 Å². The van der Waals surface area contributed by atoms with Crippen LogP contribution in [0, 0.1) is 0 Å². The molecule has 0 unspecified atom stereocenters. The third-order valence-electron chi connectivity index (χ3n) is 4.07. The largest absolute Gasteiger partial charge is 1.00 e. The summed E-state index contributed by atoms with van der Waals surface area (Å²) in [7, 11) is -4.76. The second kappa shape index (κ2) is 5.45. The Morgan fingerprint density at radius 3 is 2.45 bits per heavy atom. The fourth-order valence-electron chi connectivity index (χ4n) is 2.85. The number of urea groups is 1. The summed E-state index contributed by atoms with van der Waals surface area (Å²) in [6.45, 7) is 0.297. The predicted octanol–water partition coefficient (Wildman–Crippen LogP) is -4.00. The van der Waals surface area contributed by atoms with E-state index >= 15 is 0 Å². The standard InChI is InChI=1S/C10H15N3O5S.Na/c14-9-8-7(13(9)19(16,17)18)4-5-12(8)10(15)11-6-2-1-3-6;/h6-8H,1-5H2,(H,11,15)(H,16,17,18);/q;+1/p-1/t7-,8+;/m1./s1. The van der Waals surface area contributed by atoms with Crippen molar-refractivity contribution in [3.05, 3.63) is 0 Å². The molecule has 2 saturated heterocycles. The molecule has 3 rings (SSSR count). The summed E-state index contributed by atoms with van der Waals surface area (Å²) in [5.41, 5.74) is 0. The number of carbonyl (C=O) groups is 2. The van der Waals surface area contributed by atoms with E-state index in [-0.39, 0.29) is 41.6 Å². The number of fused-ring (bicyclic) bond motifs is 1. The normalized spacial score (nSPS) is 29.1. The van der Waals surface area contributed by atoms with E-state index in [0.29, 0.717) is 17.3 Å². The van der Waals surface area contributed by atoms with Gasteiger partial charge in [-0.15, -0.1) is 0 Å². The summed E-state index contributed by atoms with van der Waals surface area (Å²) in [5.74, 6) is -0.791. The van der Waals surface area contributed by atoms with Crippen LogP contribution in [-0.4, -0.2) is 58.8 Å². The van der Waals surface area contributed by atoms with Gasteiger partial charge in [0, 0.05) is 12.6 Å². The third kappa shape index (κ3) is 2.45. The number of amides is 3. The van der Waals surface area contributed by atoms with E-state index < -0.39 is 28.3 Å². The maximum Gasteiger partial charge on any atom is 1.00 e. The first-order chi connectivity index (χ1) is 8.89. The Morgan fingerprint density at radius 2 is 1.95 bits per heavy atom. The number of likely N-dealkylation sites (tertiary alicyclic amines) is 1. The van der Waals surface area contributed by atoms with Gasteiger partial charge in [-0.25, -0.2) is 17.5 Å². The molecule has 0 aromatic rings. The van der Waals surface area contributed by atoms with Crippen molar-refractivity contribution in [1.29, 1.82) is 0 Å². The average molecular weight is 311 g/mol. The molecule has 106 valence electrons. The van der Waals surface area contributed by atoms with E-state index in [1.165, 1.54) is 4.90 Å². The summed E-state index contributed by atoms with van der Waals surface area (Å²) >= 11 is 0. The van der Waals surface area contributed by atoms with Gasteiger partial charge in [0.1, 0.15) is 6.04 Å². The number of rotatable bonds is 2. The summed E-state index contributed by atoms with van der Waals surface area (Å²) < 4.78 is 33.1. The molecule has 3 amide bonds. The fourth-order valence-corrected chi connectivity index (χ4v) is 3.73. The summed E-state index contributed by atoms with van der Waals surface area (Å²) in [5, 5.41) is 2.81. The molecule has 8 nitrogen and oxygen atoms in total. The van der Waals surface area contributed by atoms with Crippen molar-refractivity contribution < 1.29 is 52.1 Å². The van der Waals surface area contributed by atoms with Crippen molar-refractivity contribution in [2.75, 3.05) is 6.54 Å². The molecule has 0 aromatic carbocycles. The Hall–Kier alpha value is -0.350. The average Bonchev–Trinajstić information content (AvgIpc) is 2.59. The number of carbonyl (C=O) groups excluding carboxylic acids is 2. The molecule has 3 aliphatic rings. The van der Waals surface area contributed by atoms with Crippen LogP contribution in [0.3, 0.4) is 0 Å². The molecule has 20 heavy (non-hydrogen) atoms. The molecular weight excluding hydrogens is 297 g/mol. The van der Waals surface area contributed by atoms with E-state index in [1.54, 1.807) is 0 Å². The zero-order valence-electron chi connectivity index (χ0n) is 11.1. The fraction of sp³-hybridized carbons (Fsp3) is 0.800. The molecule has 1 N–H and O–H groups in total. The number of hydrogen-bond donors (Lipinski definition) is 1. The van der Waals surface area contributed by atoms with Gasteiger partial charge >= 0.3 is 35.6 Å². The van der Waals surface area contributed by atoms with Gasteiger partial charge in [0.25, 0.3) is 5.91 Å². The number of hydrogen-bond acceptors (Lipinski definition) is 5. The van der Waals surface area contributed by atoms with Gasteiger partial charge in [-0.2, -0.15) is 0 Å². The van der Waals surface area contributed by atoms with Gasteiger partial charge in [0.15, 0.2) is 10.3 Å². The first-order valence-electron chi connectivity index (χ1n) is 6.26. The second-order valence-electron chi connectivity index (χ2n) is 5.16. The van der Waals surface area contributed by atoms with Crippen LogP contribution in [0.4, 0.5) is 4.79 Å². The van der Waals surface area contributed by atoms with Gasteiger partial charge in [0.2, 0.25) is 0 Å². The number of β-lactam (4-membered cyclic amide) rings is 1. The molecule has 2 heterocycles. The third-order valence-corrected chi connectivity index (χ3v) is 5.00. The van der Waals surface area contributed by atoms with E-state index in [1.807, 2.05) is 0 Å². The van der Waals surface area contributed by atoms with E-state index in [2.05, 4.69) is 5.32 Å². The molecule has 2 aliphatic heterocycles. The molecular formula is C10H14N3NaO5S. The summed E-state index contributed by atoms with van der Waals surface area (Å²) in [4.78, 5) is 25.0. The van der Waals surface area contributed by atoms with E-state index in [4.69, 9.17) is 0 Å². The first-order valence-corrected chi connectivity index (χ1v) is 7.62. The molecule has 0 aromatic heterocycles. The van der Waals surface area contributed by atoms with E-state index in [0.717, 1.165) is 19.3 Å². The minimum atomic E-state index is -4.76. The maximum absolute atomic E-state index is 12.0. The van der Waals surface area contributed by atoms with Crippen molar-refractivity contribution >= 4 is 22.2 Å². The predicted molar refractivity (Wildman–Crippen MR) is 61.6 cm³/mol. The van der Waals surface area contributed by atoms with Crippen LogP contribution in [-0.2, 0) is 15.1 Å². The van der Waals surface area contributed by atoms with Crippen LogP contribution in [0.5, 0.6) is 0 Å². The molecule has 10 heteroatoms. The Balaban J connectivity index is 0.00000147. The molecule has 1 aliphatic carbocycles. The maximum atomic E-state index is 12.0. The monoisotopic (exact) mass is 311 g/mol. The first kappa shape index (κ1) is 16.0. The van der Waals surface area contributed by atoms with Crippen molar-refractivity contribution in [3.8, 4) is 0 Å². The van der Waals surface area contributed by atoms with E-state index in [9.17, 15) is 22.6 Å². The Kier molecular flexibility index (Phi) is 4.37. The SMILES string of the molecule is O=C(NC1CCC1)N1CC[C@@H]2[C@H]1C(=O)N2S(=O)(=O)[O-].[Na+]. The smallest absolute Gasteiger partial charge is 0.731 e. The van der Waals surface area contributed by atoms with Crippen LogP contribution in [0.15, 0.2) is 0 Å². The van der Waals surface area contributed by atoms with Gasteiger partial charge < -0.3 is 14.8 Å². The Bertz CT molecular complexity index is 535. The Labute approximate surface area is 139 Å². The van der Waals surface area contributed by atoms with Crippen LogP contribution >= 0.6 is 0 Å². The molecule has 3 fully saturated rings. The van der Waals surface area contributed by atoms with Crippen LogP contribution < -0.4 is 34.9 Å². The Morgan fingerprint density at radius 1 is 1.30 bits per heavy atom. The van der Waals surface area contributed by atoms with Gasteiger partial charge in [-0.3, -0.25) is 4.79 Å². The van der Waals surface area contributed by atoms with Crippen molar-refractivity contribution in [2.24, 2.45) is 0 Å². The van der Waals surface area contributed by atoms with Crippen molar-refractivity contribution in [2.45, 2.75) is 43.8 Å². The second-order valence-corrected chi connectivity index (χ2v) is 6.41. The zero-order valence-corrected chi connectivity index (χ0v) is 13.9. The van der Waals surface area contributed by atoms with Gasteiger partial charge in [-0.05, 0) is 25.7 Å². The van der Waals surface area contributed by atoms with Gasteiger partial charge in [0.05, 0.1) is 6.04 Å². The van der Waals surface area contributed by atoms with Crippen molar-refractivity contribution in [1.82, 2.24) is 14.5 Å². The zero-order chi connectivity index (χ0) is 13.8. The minimum Gasteiger partial charge on any atom is -0.731 e. The van der Waals surface area contributed by atoms with Crippen molar-refractivity contribution in [3.63, 3.8) is 0 Å². The van der Waals surface area contributed by atoms with Crippen LogP contribution in [0.25, 0.3) is 0 Å². The molecule has 0 radical (unpaired) electrons. The number of nitrogens with zero attached hydrogens (tertiary/aromatic N) is 2. The molecule has 0 bridgehead atoms. The summed E-state index contributed by atoms with van der Waals surface area (Å²) in [6, 6.07) is -1.65. The van der Waals surface area contributed by atoms with Gasteiger partial charge in [-0.1, -0.05) is 0 Å². The molecule has 0 spiro atoms. The quantitative estimate of drug-likeness (QED) is 0.317.